The van der Waals surface area contributed by atoms with Crippen LogP contribution in [0.2, 0.25) is 0 Å². The van der Waals surface area contributed by atoms with Gasteiger partial charge in [0.05, 0.1) is 29.8 Å². The van der Waals surface area contributed by atoms with Gasteiger partial charge in [-0.25, -0.2) is 4.98 Å². The first-order valence-electron chi connectivity index (χ1n) is 16.1. The molecule has 1 atom stereocenters. The highest BCUT2D eigenvalue weighted by Crippen LogP contribution is 2.41. The quantitative estimate of drug-likeness (QED) is 0.220. The first kappa shape index (κ1) is 31.8. The SMILES string of the molecule is CO[C@H]1CCN(Cc2cc3c(c(C(F)(F)F)c2)CN(c2cc(-c4cc(C#N)ccc4-c4nncn4C)cc(NCCC4CC4)n2)C3=O)C1. The number of fused-ring (bicyclic) bond motifs is 1. The minimum absolute atomic E-state index is 0.0315. The Balaban J connectivity index is 1.29. The largest absolute Gasteiger partial charge is 0.416 e. The molecule has 1 N–H and O–H groups in total. The molecule has 0 spiro atoms. The van der Waals surface area contributed by atoms with Gasteiger partial charge in [0.15, 0.2) is 5.82 Å². The van der Waals surface area contributed by atoms with Crippen LogP contribution >= 0.6 is 0 Å². The zero-order valence-electron chi connectivity index (χ0n) is 26.7. The second-order valence-corrected chi connectivity index (χ2v) is 12.8. The number of amides is 1. The number of pyridine rings is 1. The van der Waals surface area contributed by atoms with Crippen molar-refractivity contribution in [3.05, 3.63) is 76.6 Å². The van der Waals surface area contributed by atoms with Crippen LogP contribution < -0.4 is 10.2 Å². The molecule has 248 valence electrons. The van der Waals surface area contributed by atoms with Gasteiger partial charge in [-0.1, -0.05) is 12.8 Å². The molecule has 0 unspecified atom stereocenters. The Morgan fingerprint density at radius 1 is 1.08 bits per heavy atom. The molecule has 2 aliphatic heterocycles. The highest BCUT2D eigenvalue weighted by atomic mass is 19.4. The van der Waals surface area contributed by atoms with Gasteiger partial charge in [-0.05, 0) is 83.5 Å². The van der Waals surface area contributed by atoms with E-state index in [-0.39, 0.29) is 36.1 Å². The van der Waals surface area contributed by atoms with Gasteiger partial charge >= 0.3 is 6.18 Å². The first-order valence-corrected chi connectivity index (χ1v) is 16.1. The number of anilines is 2. The maximum atomic E-state index is 14.5. The van der Waals surface area contributed by atoms with Crippen molar-refractivity contribution in [3.8, 4) is 28.6 Å². The summed E-state index contributed by atoms with van der Waals surface area (Å²) in [7, 11) is 3.44. The van der Waals surface area contributed by atoms with E-state index < -0.39 is 17.6 Å². The summed E-state index contributed by atoms with van der Waals surface area (Å²) < 4.78 is 50.8. The molecule has 48 heavy (non-hydrogen) atoms. The number of nitrogens with zero attached hydrogens (tertiary/aromatic N) is 7. The number of hydrogen-bond acceptors (Lipinski definition) is 8. The van der Waals surface area contributed by atoms with Crippen LogP contribution in [0.25, 0.3) is 22.5 Å². The van der Waals surface area contributed by atoms with Crippen LogP contribution in [-0.4, -0.2) is 63.4 Å². The number of nitriles is 1. The molecule has 1 amide bonds. The van der Waals surface area contributed by atoms with E-state index in [0.717, 1.165) is 12.8 Å². The fraction of sp³-hybridized carbons (Fsp3) is 0.400. The van der Waals surface area contributed by atoms with Crippen LogP contribution in [0.4, 0.5) is 24.8 Å². The molecule has 7 rings (SSSR count). The summed E-state index contributed by atoms with van der Waals surface area (Å²) in [5.74, 6) is 1.39. The van der Waals surface area contributed by atoms with Gasteiger partial charge in [-0.15, -0.1) is 10.2 Å². The normalized spacial score (nSPS) is 18.0. The third kappa shape index (κ3) is 6.37. The van der Waals surface area contributed by atoms with Crippen molar-refractivity contribution >= 4 is 17.5 Å². The number of hydrogen-bond donors (Lipinski definition) is 1. The lowest BCUT2D eigenvalue weighted by atomic mass is 9.97. The second-order valence-electron chi connectivity index (χ2n) is 12.8. The van der Waals surface area contributed by atoms with Crippen molar-refractivity contribution in [2.24, 2.45) is 13.0 Å². The van der Waals surface area contributed by atoms with Gasteiger partial charge in [0.2, 0.25) is 0 Å². The topological polar surface area (TPSA) is 112 Å². The molecule has 1 saturated carbocycles. The van der Waals surface area contributed by atoms with Crippen LogP contribution in [0.5, 0.6) is 0 Å². The standard InChI is InChI=1S/C35H35F3N8O2/c1-44-20-41-43-33(44)26-6-5-22(16-39)11-27(26)24-14-31(40-9-7-21-3-4-21)42-32(15-24)46-19-29-28(34(46)47)12-23(13-30(29)35(36,37)38)17-45-10-8-25(18-45)48-2/h5-6,11-15,20-21,25H,3-4,7-10,17-19H2,1-2H3,(H,40,42)/t25-/m0/s1. The number of carbonyl (C=O) groups excluding carboxylic acids is 1. The Hall–Kier alpha value is -4.80. The van der Waals surface area contributed by atoms with Crippen molar-refractivity contribution in [3.63, 3.8) is 0 Å². The van der Waals surface area contributed by atoms with E-state index in [9.17, 15) is 23.2 Å². The number of methoxy groups -OCH3 is 1. The highest BCUT2D eigenvalue weighted by Gasteiger charge is 2.41. The lowest BCUT2D eigenvalue weighted by Gasteiger charge is -2.19. The van der Waals surface area contributed by atoms with E-state index in [1.54, 1.807) is 48.3 Å². The van der Waals surface area contributed by atoms with E-state index in [1.807, 2.05) is 18.0 Å². The van der Waals surface area contributed by atoms with Crippen molar-refractivity contribution < 1.29 is 22.7 Å². The smallest absolute Gasteiger partial charge is 0.380 e. The summed E-state index contributed by atoms with van der Waals surface area (Å²) in [6.07, 6.45) is 1.11. The summed E-state index contributed by atoms with van der Waals surface area (Å²) in [5, 5.41) is 21.4. The van der Waals surface area contributed by atoms with Crippen LogP contribution in [0.15, 0.2) is 48.8 Å². The summed E-state index contributed by atoms with van der Waals surface area (Å²) in [5.41, 5.74) is 2.00. The molecule has 2 aromatic carbocycles. The Morgan fingerprint density at radius 3 is 2.60 bits per heavy atom. The summed E-state index contributed by atoms with van der Waals surface area (Å²) >= 11 is 0. The Bertz CT molecular complexity index is 1910. The zero-order valence-corrected chi connectivity index (χ0v) is 26.7. The lowest BCUT2D eigenvalue weighted by molar-refractivity contribution is -0.138. The monoisotopic (exact) mass is 656 g/mol. The summed E-state index contributed by atoms with van der Waals surface area (Å²) in [6, 6.07) is 13.7. The van der Waals surface area contributed by atoms with Crippen molar-refractivity contribution in [1.29, 1.82) is 5.26 Å². The molecular weight excluding hydrogens is 621 g/mol. The van der Waals surface area contributed by atoms with Gasteiger partial charge in [0.1, 0.15) is 18.0 Å². The molecule has 13 heteroatoms. The number of halogens is 3. The van der Waals surface area contributed by atoms with Gasteiger partial charge in [0, 0.05) is 51.5 Å². The average molecular weight is 657 g/mol. The number of benzene rings is 2. The first-order chi connectivity index (χ1) is 23.1. The number of likely N-dealkylation sites (tertiary alicyclic amines) is 1. The van der Waals surface area contributed by atoms with E-state index in [2.05, 4.69) is 21.6 Å². The average Bonchev–Trinajstić information content (AvgIpc) is 3.45. The van der Waals surface area contributed by atoms with Gasteiger partial charge < -0.3 is 14.6 Å². The fourth-order valence-electron chi connectivity index (χ4n) is 6.67. The Kier molecular flexibility index (Phi) is 8.39. The van der Waals surface area contributed by atoms with Gasteiger partial charge in [0.25, 0.3) is 5.91 Å². The van der Waals surface area contributed by atoms with Crippen molar-refractivity contribution in [2.45, 2.75) is 51.1 Å². The number of aromatic nitrogens is 4. The second kappa shape index (κ2) is 12.7. The fourth-order valence-corrected chi connectivity index (χ4v) is 6.67. The Morgan fingerprint density at radius 2 is 1.92 bits per heavy atom. The lowest BCUT2D eigenvalue weighted by Crippen LogP contribution is -2.25. The maximum absolute atomic E-state index is 14.5. The molecule has 1 aliphatic carbocycles. The molecule has 3 aliphatic rings. The van der Waals surface area contributed by atoms with Crippen molar-refractivity contribution in [2.75, 3.05) is 37.0 Å². The highest BCUT2D eigenvalue weighted by molar-refractivity contribution is 6.10. The number of rotatable bonds is 10. The predicted molar refractivity (Wildman–Crippen MR) is 173 cm³/mol. The zero-order chi connectivity index (χ0) is 33.6. The van der Waals surface area contributed by atoms with E-state index in [0.29, 0.717) is 65.0 Å². The Labute approximate surface area is 276 Å². The van der Waals surface area contributed by atoms with Crippen molar-refractivity contribution in [1.82, 2.24) is 24.6 Å². The molecule has 1 saturated heterocycles. The van der Waals surface area contributed by atoms with Gasteiger partial charge in [-0.2, -0.15) is 18.4 Å². The minimum atomic E-state index is -4.65. The number of nitrogens with one attached hydrogen (secondary N) is 1. The van der Waals surface area contributed by atoms with Crippen LogP contribution in [-0.2, 0) is 31.1 Å². The number of carbonyl (C=O) groups is 1. The molecular formula is C35H35F3N8O2. The van der Waals surface area contributed by atoms with Crippen LogP contribution in [0, 0.1) is 17.2 Å². The van der Waals surface area contributed by atoms with Crippen LogP contribution in [0.3, 0.4) is 0 Å². The molecule has 2 fully saturated rings. The molecule has 10 nitrogen and oxygen atoms in total. The summed E-state index contributed by atoms with van der Waals surface area (Å²) in [4.78, 5) is 22.1. The summed E-state index contributed by atoms with van der Waals surface area (Å²) in [6.45, 7) is 1.99. The van der Waals surface area contributed by atoms with Gasteiger partial charge in [-0.3, -0.25) is 14.6 Å². The molecule has 4 aromatic rings. The van der Waals surface area contributed by atoms with E-state index in [4.69, 9.17) is 9.72 Å². The minimum Gasteiger partial charge on any atom is -0.380 e. The number of ether oxygens (including phenoxy) is 1. The molecule has 0 radical (unpaired) electrons. The van der Waals surface area contributed by atoms with Crippen LogP contribution in [0.1, 0.15) is 58.3 Å². The number of alkyl halides is 3. The third-order valence-electron chi connectivity index (χ3n) is 9.43. The third-order valence-corrected chi connectivity index (χ3v) is 9.43. The maximum Gasteiger partial charge on any atom is 0.416 e. The molecule has 0 bridgehead atoms. The number of aryl methyl sites for hydroxylation is 1. The van der Waals surface area contributed by atoms with E-state index in [1.165, 1.54) is 23.8 Å². The van der Waals surface area contributed by atoms with E-state index >= 15 is 0 Å². The molecule has 4 heterocycles. The predicted octanol–water partition coefficient (Wildman–Crippen LogP) is 6.03. The molecule has 2 aromatic heterocycles.